The third-order valence-electron chi connectivity index (χ3n) is 3.67. The minimum atomic E-state index is -0.484. The SMILES string of the molecule is Cc1cccc(NC(=O)CN2C(=O)S/C(=C/c3cccc(C)n3)C2=O)c1. The lowest BCUT2D eigenvalue weighted by atomic mass is 10.2. The second kappa shape index (κ2) is 7.53. The normalized spacial score (nSPS) is 15.6. The molecule has 3 rings (SSSR count). The van der Waals surface area contributed by atoms with Crippen molar-refractivity contribution in [3.8, 4) is 0 Å². The summed E-state index contributed by atoms with van der Waals surface area (Å²) in [6.07, 6.45) is 1.57. The first-order valence-corrected chi connectivity index (χ1v) is 8.79. The summed E-state index contributed by atoms with van der Waals surface area (Å²) in [5.41, 5.74) is 3.04. The van der Waals surface area contributed by atoms with Gasteiger partial charge in [-0.1, -0.05) is 18.2 Å². The number of rotatable bonds is 4. The van der Waals surface area contributed by atoms with Gasteiger partial charge in [0.2, 0.25) is 5.91 Å². The first-order chi connectivity index (χ1) is 12.4. The van der Waals surface area contributed by atoms with Crippen LogP contribution in [0.15, 0.2) is 47.4 Å². The Morgan fingerprint density at radius 2 is 1.96 bits per heavy atom. The average molecular weight is 367 g/mol. The van der Waals surface area contributed by atoms with Crippen LogP contribution in [-0.2, 0) is 9.59 Å². The minimum absolute atomic E-state index is 0.261. The predicted molar refractivity (Wildman–Crippen MR) is 101 cm³/mol. The molecule has 0 spiro atoms. The molecule has 1 saturated heterocycles. The number of nitrogens with one attached hydrogen (secondary N) is 1. The van der Waals surface area contributed by atoms with Crippen molar-refractivity contribution in [3.63, 3.8) is 0 Å². The number of hydrogen-bond acceptors (Lipinski definition) is 5. The standard InChI is InChI=1S/C19H17N3O3S/c1-12-5-3-7-14(9-12)21-17(23)11-22-18(24)16(26-19(22)25)10-15-8-4-6-13(2)20-15/h3-10H,11H2,1-2H3,(H,21,23)/b16-10+. The Kier molecular flexibility index (Phi) is 5.18. The van der Waals surface area contributed by atoms with E-state index >= 15 is 0 Å². The Bertz CT molecular complexity index is 924. The van der Waals surface area contributed by atoms with Crippen LogP contribution in [0.2, 0.25) is 0 Å². The maximum absolute atomic E-state index is 12.5. The lowest BCUT2D eigenvalue weighted by Gasteiger charge is -2.12. The van der Waals surface area contributed by atoms with Gasteiger partial charge < -0.3 is 5.32 Å². The van der Waals surface area contributed by atoms with E-state index in [2.05, 4.69) is 10.3 Å². The van der Waals surface area contributed by atoms with Crippen molar-refractivity contribution in [2.75, 3.05) is 11.9 Å². The maximum atomic E-state index is 12.5. The molecule has 26 heavy (non-hydrogen) atoms. The molecule has 2 heterocycles. The van der Waals surface area contributed by atoms with Gasteiger partial charge in [0, 0.05) is 11.4 Å². The zero-order valence-electron chi connectivity index (χ0n) is 14.4. The lowest BCUT2D eigenvalue weighted by molar-refractivity contribution is -0.127. The van der Waals surface area contributed by atoms with Gasteiger partial charge in [0.05, 0.1) is 10.6 Å². The third-order valence-corrected chi connectivity index (χ3v) is 4.57. The summed E-state index contributed by atoms with van der Waals surface area (Å²) in [5.74, 6) is -0.907. The first-order valence-electron chi connectivity index (χ1n) is 7.98. The summed E-state index contributed by atoms with van der Waals surface area (Å²) in [6, 6.07) is 12.7. The molecule has 1 aromatic carbocycles. The van der Waals surface area contributed by atoms with Gasteiger partial charge >= 0.3 is 0 Å². The van der Waals surface area contributed by atoms with Crippen molar-refractivity contribution in [2.24, 2.45) is 0 Å². The largest absolute Gasteiger partial charge is 0.325 e. The molecule has 1 N–H and O–H groups in total. The van der Waals surface area contributed by atoms with E-state index in [0.29, 0.717) is 11.4 Å². The molecule has 1 aliphatic heterocycles. The molecule has 3 amide bonds. The Morgan fingerprint density at radius 3 is 2.69 bits per heavy atom. The lowest BCUT2D eigenvalue weighted by Crippen LogP contribution is -2.36. The third kappa shape index (κ3) is 4.18. The number of aryl methyl sites for hydroxylation is 2. The van der Waals surface area contributed by atoms with Gasteiger partial charge in [0.15, 0.2) is 0 Å². The molecule has 2 aromatic rings. The van der Waals surface area contributed by atoms with Crippen LogP contribution in [0, 0.1) is 13.8 Å². The second-order valence-electron chi connectivity index (χ2n) is 5.89. The monoisotopic (exact) mass is 367 g/mol. The van der Waals surface area contributed by atoms with Crippen molar-refractivity contribution in [1.29, 1.82) is 0 Å². The van der Waals surface area contributed by atoms with Crippen LogP contribution in [0.25, 0.3) is 6.08 Å². The van der Waals surface area contributed by atoms with E-state index in [9.17, 15) is 14.4 Å². The van der Waals surface area contributed by atoms with Gasteiger partial charge in [0.1, 0.15) is 6.54 Å². The van der Waals surface area contributed by atoms with Crippen LogP contribution in [-0.4, -0.2) is 33.5 Å². The molecule has 0 unspecified atom stereocenters. The first kappa shape index (κ1) is 17.9. The summed E-state index contributed by atoms with van der Waals surface area (Å²) in [6.45, 7) is 3.44. The maximum Gasteiger partial charge on any atom is 0.294 e. The highest BCUT2D eigenvalue weighted by atomic mass is 32.2. The molecule has 132 valence electrons. The van der Waals surface area contributed by atoms with Crippen LogP contribution in [0.1, 0.15) is 17.0 Å². The number of imide groups is 1. The smallest absolute Gasteiger partial charge is 0.294 e. The number of carbonyl (C=O) groups is 3. The Labute approximate surface area is 155 Å². The fraction of sp³-hybridized carbons (Fsp3) is 0.158. The molecule has 1 aromatic heterocycles. The number of nitrogens with zero attached hydrogens (tertiary/aromatic N) is 2. The van der Waals surface area contributed by atoms with Crippen molar-refractivity contribution in [2.45, 2.75) is 13.8 Å². The summed E-state index contributed by atoms with van der Waals surface area (Å²) >= 11 is 0.812. The van der Waals surface area contributed by atoms with Crippen molar-refractivity contribution >= 4 is 40.6 Å². The molecule has 6 nitrogen and oxygen atoms in total. The topological polar surface area (TPSA) is 79.4 Å². The summed E-state index contributed by atoms with van der Waals surface area (Å²) < 4.78 is 0. The number of amides is 3. The molecule has 0 atom stereocenters. The quantitative estimate of drug-likeness (QED) is 0.838. The highest BCUT2D eigenvalue weighted by Gasteiger charge is 2.36. The Balaban J connectivity index is 1.70. The summed E-state index contributed by atoms with van der Waals surface area (Å²) in [4.78, 5) is 42.3. The minimum Gasteiger partial charge on any atom is -0.325 e. The molecule has 1 aliphatic rings. The number of anilines is 1. The van der Waals surface area contributed by atoms with Crippen molar-refractivity contribution in [3.05, 3.63) is 64.3 Å². The molecule has 7 heteroatoms. The number of benzene rings is 1. The number of hydrogen-bond donors (Lipinski definition) is 1. The van der Waals surface area contributed by atoms with E-state index in [1.54, 1.807) is 18.2 Å². The van der Waals surface area contributed by atoms with E-state index < -0.39 is 17.1 Å². The highest BCUT2D eigenvalue weighted by Crippen LogP contribution is 2.31. The van der Waals surface area contributed by atoms with Crippen LogP contribution in [0.3, 0.4) is 0 Å². The fourth-order valence-electron chi connectivity index (χ4n) is 2.48. The van der Waals surface area contributed by atoms with Gasteiger partial charge in [-0.25, -0.2) is 0 Å². The van der Waals surface area contributed by atoms with Crippen molar-refractivity contribution < 1.29 is 14.4 Å². The number of aromatic nitrogens is 1. The van der Waals surface area contributed by atoms with Gasteiger partial charge in [-0.2, -0.15) is 0 Å². The Morgan fingerprint density at radius 1 is 1.19 bits per heavy atom. The number of carbonyl (C=O) groups excluding carboxylic acids is 3. The van der Waals surface area contributed by atoms with Crippen LogP contribution in [0.4, 0.5) is 10.5 Å². The predicted octanol–water partition coefficient (Wildman–Crippen LogP) is 3.37. The molecular formula is C19H17N3O3S. The molecule has 1 fully saturated rings. The molecular weight excluding hydrogens is 350 g/mol. The van der Waals surface area contributed by atoms with Crippen LogP contribution in [0.5, 0.6) is 0 Å². The molecule has 0 aliphatic carbocycles. The van der Waals surface area contributed by atoms with Gasteiger partial charge in [-0.3, -0.25) is 24.3 Å². The molecule has 0 bridgehead atoms. The van der Waals surface area contributed by atoms with E-state index in [0.717, 1.165) is 27.9 Å². The fourth-order valence-corrected chi connectivity index (χ4v) is 3.31. The van der Waals surface area contributed by atoms with Crippen molar-refractivity contribution in [1.82, 2.24) is 9.88 Å². The van der Waals surface area contributed by atoms with E-state index in [-0.39, 0.29) is 11.4 Å². The highest BCUT2D eigenvalue weighted by molar-refractivity contribution is 8.18. The van der Waals surface area contributed by atoms with Gasteiger partial charge in [-0.15, -0.1) is 0 Å². The van der Waals surface area contributed by atoms with Crippen LogP contribution < -0.4 is 5.32 Å². The number of pyridine rings is 1. The van der Waals surface area contributed by atoms with E-state index in [1.165, 1.54) is 0 Å². The number of thioether (sulfide) groups is 1. The van der Waals surface area contributed by atoms with Gasteiger partial charge in [-0.05, 0) is 61.5 Å². The summed E-state index contributed by atoms with van der Waals surface area (Å²) in [7, 11) is 0. The Hall–Kier alpha value is -2.93. The zero-order valence-corrected chi connectivity index (χ0v) is 15.2. The van der Waals surface area contributed by atoms with Gasteiger partial charge in [0.25, 0.3) is 11.1 Å². The second-order valence-corrected chi connectivity index (χ2v) is 6.88. The average Bonchev–Trinajstić information content (AvgIpc) is 2.82. The zero-order chi connectivity index (χ0) is 18.7. The van der Waals surface area contributed by atoms with Crippen LogP contribution >= 0.6 is 11.8 Å². The molecule has 0 saturated carbocycles. The molecule has 0 radical (unpaired) electrons. The van der Waals surface area contributed by atoms with E-state index in [1.807, 2.05) is 44.2 Å². The summed E-state index contributed by atoms with van der Waals surface area (Å²) in [5, 5.41) is 2.23. The van der Waals surface area contributed by atoms with E-state index in [4.69, 9.17) is 0 Å².